The molecule has 1 aromatic carbocycles. The first kappa shape index (κ1) is 16.7. The van der Waals surface area contributed by atoms with Gasteiger partial charge >= 0.3 is 5.97 Å². The van der Waals surface area contributed by atoms with Gasteiger partial charge in [0.05, 0.1) is 19.1 Å². The van der Waals surface area contributed by atoms with Gasteiger partial charge in [-0.05, 0) is 45.4 Å². The van der Waals surface area contributed by atoms with Gasteiger partial charge in [-0.15, -0.1) is 0 Å². The van der Waals surface area contributed by atoms with E-state index in [9.17, 15) is 9.59 Å². The number of nitrogens with zero attached hydrogens (tertiary/aromatic N) is 1. The van der Waals surface area contributed by atoms with Gasteiger partial charge in [-0.2, -0.15) is 0 Å². The number of piperidine rings is 1. The zero-order valence-electron chi connectivity index (χ0n) is 14.3. The minimum absolute atomic E-state index is 0.0939. The van der Waals surface area contributed by atoms with Gasteiger partial charge in [-0.1, -0.05) is 11.6 Å². The van der Waals surface area contributed by atoms with E-state index < -0.39 is 0 Å². The average Bonchev–Trinajstić information content (AvgIpc) is 2.98. The number of carbonyl (C=O) groups excluding carboxylic acids is 2. The molecule has 1 aliphatic heterocycles. The number of H-pyrrole nitrogens is 1. The summed E-state index contributed by atoms with van der Waals surface area (Å²) in [5.41, 5.74) is 2.84. The number of carbonyl (C=O) groups is 2. The number of likely N-dealkylation sites (tertiary alicyclic amines) is 1. The fourth-order valence-corrected chi connectivity index (χ4v) is 3.41. The first-order valence-electron chi connectivity index (χ1n) is 8.58. The van der Waals surface area contributed by atoms with Crippen molar-refractivity contribution in [2.75, 3.05) is 26.2 Å². The zero-order valence-corrected chi connectivity index (χ0v) is 14.3. The van der Waals surface area contributed by atoms with E-state index in [0.29, 0.717) is 19.7 Å². The lowest BCUT2D eigenvalue weighted by atomic mass is 9.97. The van der Waals surface area contributed by atoms with Crippen molar-refractivity contribution in [3.8, 4) is 0 Å². The number of nitrogens with one attached hydrogen (secondary N) is 1. The molecule has 128 valence electrons. The first-order valence-corrected chi connectivity index (χ1v) is 8.58. The lowest BCUT2D eigenvalue weighted by Gasteiger charge is -2.30. The van der Waals surface area contributed by atoms with Crippen LogP contribution in [0.1, 0.15) is 35.7 Å². The molecular weight excluding hydrogens is 304 g/mol. The molecule has 0 amide bonds. The fraction of sp³-hybridized carbons (Fsp3) is 0.474. The van der Waals surface area contributed by atoms with Crippen LogP contribution in [-0.4, -0.2) is 47.9 Å². The molecule has 5 nitrogen and oxygen atoms in total. The molecule has 3 rings (SSSR count). The Balaban J connectivity index is 1.69. The maximum Gasteiger partial charge on any atom is 0.310 e. The molecule has 1 N–H and O–H groups in total. The van der Waals surface area contributed by atoms with Gasteiger partial charge in [0.1, 0.15) is 0 Å². The fourth-order valence-electron chi connectivity index (χ4n) is 3.41. The number of esters is 1. The van der Waals surface area contributed by atoms with Gasteiger partial charge in [0, 0.05) is 29.2 Å². The molecule has 0 bridgehead atoms. The van der Waals surface area contributed by atoms with Crippen molar-refractivity contribution in [3.63, 3.8) is 0 Å². The Labute approximate surface area is 142 Å². The topological polar surface area (TPSA) is 62.4 Å². The largest absolute Gasteiger partial charge is 0.466 e. The van der Waals surface area contributed by atoms with Gasteiger partial charge in [0.15, 0.2) is 5.78 Å². The maximum absolute atomic E-state index is 12.7. The SMILES string of the molecule is CCOC(=O)[C@H]1CCCN(CC(=O)c2c[nH]c3ccc(C)cc23)C1. The molecule has 0 saturated carbocycles. The Bertz CT molecular complexity index is 750. The monoisotopic (exact) mass is 328 g/mol. The van der Waals surface area contributed by atoms with Crippen molar-refractivity contribution in [3.05, 3.63) is 35.5 Å². The Morgan fingerprint density at radius 2 is 2.21 bits per heavy atom. The van der Waals surface area contributed by atoms with Crippen LogP contribution in [0.25, 0.3) is 10.9 Å². The summed E-state index contributed by atoms with van der Waals surface area (Å²) in [4.78, 5) is 29.9. The smallest absolute Gasteiger partial charge is 0.310 e. The van der Waals surface area contributed by atoms with Crippen LogP contribution in [0.15, 0.2) is 24.4 Å². The molecule has 1 saturated heterocycles. The number of hydrogen-bond acceptors (Lipinski definition) is 4. The van der Waals surface area contributed by atoms with E-state index in [-0.39, 0.29) is 17.7 Å². The summed E-state index contributed by atoms with van der Waals surface area (Å²) in [6.07, 6.45) is 3.55. The third-order valence-corrected chi connectivity index (χ3v) is 4.63. The predicted octanol–water partition coefficient (Wildman–Crippen LogP) is 2.93. The van der Waals surface area contributed by atoms with Gasteiger partial charge in [0.25, 0.3) is 0 Å². The molecule has 24 heavy (non-hydrogen) atoms. The van der Waals surface area contributed by atoms with Crippen LogP contribution in [-0.2, 0) is 9.53 Å². The quantitative estimate of drug-likeness (QED) is 0.677. The van der Waals surface area contributed by atoms with Gasteiger partial charge in [0.2, 0.25) is 0 Å². The molecule has 0 spiro atoms. The van der Waals surface area contributed by atoms with Crippen LogP contribution in [0.4, 0.5) is 0 Å². The van der Waals surface area contributed by atoms with Crippen molar-refractivity contribution >= 4 is 22.7 Å². The van der Waals surface area contributed by atoms with E-state index in [1.807, 2.05) is 32.0 Å². The van der Waals surface area contributed by atoms with E-state index in [2.05, 4.69) is 9.88 Å². The highest BCUT2D eigenvalue weighted by molar-refractivity contribution is 6.08. The van der Waals surface area contributed by atoms with Crippen molar-refractivity contribution in [2.45, 2.75) is 26.7 Å². The highest BCUT2D eigenvalue weighted by Crippen LogP contribution is 2.22. The maximum atomic E-state index is 12.7. The number of aromatic amines is 1. The lowest BCUT2D eigenvalue weighted by Crippen LogP contribution is -2.41. The molecule has 1 atom stereocenters. The summed E-state index contributed by atoms with van der Waals surface area (Å²) in [5, 5.41) is 0.971. The van der Waals surface area contributed by atoms with Crippen LogP contribution < -0.4 is 0 Å². The average molecular weight is 328 g/mol. The number of ketones is 1. The van der Waals surface area contributed by atoms with Crippen molar-refractivity contribution in [1.29, 1.82) is 0 Å². The number of benzene rings is 1. The minimum Gasteiger partial charge on any atom is -0.466 e. The number of ether oxygens (including phenoxy) is 1. The Kier molecular flexibility index (Phi) is 5.00. The normalized spacial score (nSPS) is 18.7. The van der Waals surface area contributed by atoms with E-state index in [1.165, 1.54) is 0 Å². The second-order valence-electron chi connectivity index (χ2n) is 6.50. The standard InChI is InChI=1S/C19H24N2O3/c1-3-24-19(23)14-5-4-8-21(11-14)12-18(22)16-10-20-17-7-6-13(2)9-15(16)17/h6-7,9-10,14,20H,3-5,8,11-12H2,1-2H3/t14-/m0/s1. The number of aromatic nitrogens is 1. The van der Waals surface area contributed by atoms with E-state index in [0.717, 1.165) is 41.4 Å². The molecular formula is C19H24N2O3. The highest BCUT2D eigenvalue weighted by atomic mass is 16.5. The summed E-state index contributed by atoms with van der Waals surface area (Å²) >= 11 is 0. The van der Waals surface area contributed by atoms with Crippen molar-refractivity contribution < 1.29 is 14.3 Å². The number of rotatable bonds is 5. The van der Waals surface area contributed by atoms with Crippen molar-refractivity contribution in [2.24, 2.45) is 5.92 Å². The van der Waals surface area contributed by atoms with Crippen LogP contribution in [0.3, 0.4) is 0 Å². The van der Waals surface area contributed by atoms with Gasteiger partial charge in [-0.3, -0.25) is 14.5 Å². The van der Waals surface area contributed by atoms with Crippen LogP contribution in [0.2, 0.25) is 0 Å². The summed E-state index contributed by atoms with van der Waals surface area (Å²) < 4.78 is 5.12. The number of Topliss-reactive ketones (excluding diaryl/α,β-unsaturated/α-hetero) is 1. The molecule has 1 aromatic heterocycles. The Morgan fingerprint density at radius 1 is 1.38 bits per heavy atom. The third kappa shape index (κ3) is 3.51. The molecule has 0 radical (unpaired) electrons. The summed E-state index contributed by atoms with van der Waals surface area (Å²) in [6, 6.07) is 6.07. The first-order chi connectivity index (χ1) is 11.6. The highest BCUT2D eigenvalue weighted by Gasteiger charge is 2.28. The van der Waals surface area contributed by atoms with Gasteiger partial charge < -0.3 is 9.72 Å². The molecule has 2 aromatic rings. The van der Waals surface area contributed by atoms with Crippen LogP contribution >= 0.6 is 0 Å². The van der Waals surface area contributed by atoms with E-state index >= 15 is 0 Å². The number of aryl methyl sites for hydroxylation is 1. The van der Waals surface area contributed by atoms with Gasteiger partial charge in [-0.25, -0.2) is 0 Å². The minimum atomic E-state index is -0.141. The molecule has 2 heterocycles. The molecule has 5 heteroatoms. The lowest BCUT2D eigenvalue weighted by molar-refractivity contribution is -0.149. The van der Waals surface area contributed by atoms with E-state index in [4.69, 9.17) is 4.74 Å². The predicted molar refractivity (Wildman–Crippen MR) is 93.2 cm³/mol. The van der Waals surface area contributed by atoms with Crippen LogP contribution in [0, 0.1) is 12.8 Å². The van der Waals surface area contributed by atoms with Crippen molar-refractivity contribution in [1.82, 2.24) is 9.88 Å². The second kappa shape index (κ2) is 7.18. The Hall–Kier alpha value is -2.14. The number of hydrogen-bond donors (Lipinski definition) is 1. The summed E-state index contributed by atoms with van der Waals surface area (Å²) in [7, 11) is 0. The third-order valence-electron chi connectivity index (χ3n) is 4.63. The second-order valence-corrected chi connectivity index (χ2v) is 6.50. The molecule has 0 unspecified atom stereocenters. The Morgan fingerprint density at radius 3 is 3.00 bits per heavy atom. The zero-order chi connectivity index (χ0) is 17.1. The summed E-state index contributed by atoms with van der Waals surface area (Å²) in [6.45, 7) is 6.05. The van der Waals surface area contributed by atoms with E-state index in [1.54, 1.807) is 6.20 Å². The summed E-state index contributed by atoms with van der Waals surface area (Å²) in [5.74, 6) is -0.162. The molecule has 1 fully saturated rings. The number of fused-ring (bicyclic) bond motifs is 1. The molecule has 1 aliphatic rings. The molecule has 0 aliphatic carbocycles. The van der Waals surface area contributed by atoms with Crippen LogP contribution in [0.5, 0.6) is 0 Å².